The van der Waals surface area contributed by atoms with Crippen LogP contribution in [0.25, 0.3) is 0 Å². The third kappa shape index (κ3) is 2.44. The molecule has 1 aliphatic rings. The van der Waals surface area contributed by atoms with Crippen LogP contribution in [0.3, 0.4) is 0 Å². The maximum atomic E-state index is 11.4. The van der Waals surface area contributed by atoms with Crippen molar-refractivity contribution in [2.45, 2.75) is 12.8 Å². The number of nitrogens with zero attached hydrogens (tertiary/aromatic N) is 3. The van der Waals surface area contributed by atoms with Crippen molar-refractivity contribution in [2.75, 3.05) is 18.8 Å². The Bertz CT molecular complexity index is 376. The van der Waals surface area contributed by atoms with Crippen LogP contribution in [0.5, 0.6) is 0 Å². The number of hydrogen-bond donors (Lipinski definition) is 0. The van der Waals surface area contributed by atoms with E-state index in [1.165, 1.54) is 4.31 Å². The van der Waals surface area contributed by atoms with E-state index in [4.69, 9.17) is 10.5 Å². The third-order valence-electron chi connectivity index (χ3n) is 2.21. The molecular weight excluding hydrogens is 202 g/mol. The first-order valence-corrected chi connectivity index (χ1v) is 5.95. The summed E-state index contributed by atoms with van der Waals surface area (Å²) >= 11 is 0. The molecule has 1 heterocycles. The number of hydrogen-bond acceptors (Lipinski definition) is 4. The average molecular weight is 213 g/mol. The summed E-state index contributed by atoms with van der Waals surface area (Å²) in [5, 5.41) is 17.0. The van der Waals surface area contributed by atoms with Crippen LogP contribution in [0, 0.1) is 28.6 Å². The van der Waals surface area contributed by atoms with Gasteiger partial charge in [0.15, 0.2) is 5.75 Å². The first-order valence-electron chi connectivity index (χ1n) is 4.34. The molecule has 1 rings (SSSR count). The lowest BCUT2D eigenvalue weighted by Crippen LogP contribution is -2.40. The summed E-state index contributed by atoms with van der Waals surface area (Å²) in [6.45, 7) is 0.669. The van der Waals surface area contributed by atoms with Crippen LogP contribution in [0.1, 0.15) is 12.8 Å². The number of piperidine rings is 1. The van der Waals surface area contributed by atoms with Gasteiger partial charge in [-0.1, -0.05) is 0 Å². The van der Waals surface area contributed by atoms with E-state index in [-0.39, 0.29) is 12.5 Å². The van der Waals surface area contributed by atoms with Crippen LogP contribution in [-0.2, 0) is 10.0 Å². The van der Waals surface area contributed by atoms with Gasteiger partial charge in [-0.25, -0.2) is 8.42 Å². The zero-order chi connectivity index (χ0) is 10.6. The van der Waals surface area contributed by atoms with E-state index >= 15 is 0 Å². The van der Waals surface area contributed by atoms with Crippen molar-refractivity contribution in [3.63, 3.8) is 0 Å². The molecule has 1 saturated heterocycles. The van der Waals surface area contributed by atoms with Gasteiger partial charge in [0.1, 0.15) is 0 Å². The minimum Gasteiger partial charge on any atom is -0.211 e. The largest absolute Gasteiger partial charge is 0.227 e. The van der Waals surface area contributed by atoms with Gasteiger partial charge in [-0.15, -0.1) is 0 Å². The summed E-state index contributed by atoms with van der Waals surface area (Å²) < 4.78 is 24.1. The molecule has 0 amide bonds. The van der Waals surface area contributed by atoms with E-state index < -0.39 is 15.8 Å². The molecule has 6 heteroatoms. The summed E-state index contributed by atoms with van der Waals surface area (Å²) in [6, 6.07) is 3.68. The smallest absolute Gasteiger partial charge is 0.211 e. The highest BCUT2D eigenvalue weighted by molar-refractivity contribution is 7.89. The van der Waals surface area contributed by atoms with Gasteiger partial charge in [0.25, 0.3) is 0 Å². The maximum absolute atomic E-state index is 11.4. The van der Waals surface area contributed by atoms with Gasteiger partial charge in [-0.3, -0.25) is 0 Å². The van der Waals surface area contributed by atoms with Crippen molar-refractivity contribution in [1.29, 1.82) is 10.5 Å². The predicted molar refractivity (Wildman–Crippen MR) is 49.3 cm³/mol. The van der Waals surface area contributed by atoms with E-state index in [1.54, 1.807) is 6.07 Å². The summed E-state index contributed by atoms with van der Waals surface area (Å²) in [7, 11) is -3.46. The molecule has 0 aromatic carbocycles. The van der Waals surface area contributed by atoms with Gasteiger partial charge in [-0.05, 0) is 12.8 Å². The second kappa shape index (κ2) is 4.41. The fourth-order valence-electron chi connectivity index (χ4n) is 1.47. The Balaban J connectivity index is 2.71. The molecule has 5 nitrogen and oxygen atoms in total. The van der Waals surface area contributed by atoms with Gasteiger partial charge in [0.05, 0.1) is 18.1 Å². The van der Waals surface area contributed by atoms with E-state index in [0.29, 0.717) is 13.0 Å². The van der Waals surface area contributed by atoms with Crippen molar-refractivity contribution in [1.82, 2.24) is 4.31 Å². The van der Waals surface area contributed by atoms with Gasteiger partial charge in [0.2, 0.25) is 10.0 Å². The van der Waals surface area contributed by atoms with Crippen LogP contribution in [0.15, 0.2) is 0 Å². The van der Waals surface area contributed by atoms with Crippen LogP contribution in [0.4, 0.5) is 0 Å². The number of rotatable bonds is 2. The minimum absolute atomic E-state index is 0.225. The lowest BCUT2D eigenvalue weighted by Gasteiger charge is -2.27. The summed E-state index contributed by atoms with van der Waals surface area (Å²) in [5.74, 6) is -0.720. The van der Waals surface area contributed by atoms with E-state index in [0.717, 1.165) is 6.42 Å². The van der Waals surface area contributed by atoms with Crippen LogP contribution < -0.4 is 0 Å². The van der Waals surface area contributed by atoms with Crippen molar-refractivity contribution < 1.29 is 8.42 Å². The molecule has 0 bridgehead atoms. The zero-order valence-electron chi connectivity index (χ0n) is 7.68. The fraction of sp³-hybridized carbons (Fsp3) is 0.750. The lowest BCUT2D eigenvalue weighted by molar-refractivity contribution is 0.306. The van der Waals surface area contributed by atoms with Crippen molar-refractivity contribution >= 4 is 10.0 Å². The molecule has 0 aromatic heterocycles. The van der Waals surface area contributed by atoms with Gasteiger partial charge in [-0.2, -0.15) is 14.8 Å². The Morgan fingerprint density at radius 1 is 1.43 bits per heavy atom. The Morgan fingerprint density at radius 2 is 2.14 bits per heavy atom. The van der Waals surface area contributed by atoms with E-state index in [9.17, 15) is 8.42 Å². The highest BCUT2D eigenvalue weighted by Crippen LogP contribution is 2.18. The van der Waals surface area contributed by atoms with Crippen molar-refractivity contribution in [3.05, 3.63) is 0 Å². The molecule has 0 spiro atoms. The van der Waals surface area contributed by atoms with Gasteiger partial charge in [0, 0.05) is 13.1 Å². The molecule has 0 N–H and O–H groups in total. The van der Waals surface area contributed by atoms with Crippen LogP contribution >= 0.6 is 0 Å². The average Bonchev–Trinajstić information content (AvgIpc) is 2.18. The molecule has 1 fully saturated rings. The fourth-order valence-corrected chi connectivity index (χ4v) is 2.63. The van der Waals surface area contributed by atoms with Gasteiger partial charge < -0.3 is 0 Å². The minimum atomic E-state index is -3.46. The molecule has 1 atom stereocenters. The number of sulfonamides is 1. The molecule has 1 aliphatic heterocycles. The molecule has 0 saturated carbocycles. The first-order chi connectivity index (χ1) is 6.60. The third-order valence-corrected chi connectivity index (χ3v) is 3.82. The maximum Gasteiger partial charge on any atom is 0.227 e. The highest BCUT2D eigenvalue weighted by Gasteiger charge is 2.28. The Hall–Kier alpha value is -1.11. The van der Waals surface area contributed by atoms with Crippen LogP contribution in [0.2, 0.25) is 0 Å². The van der Waals surface area contributed by atoms with Crippen molar-refractivity contribution in [3.8, 4) is 12.1 Å². The topological polar surface area (TPSA) is 85.0 Å². The van der Waals surface area contributed by atoms with Crippen LogP contribution in [-0.4, -0.2) is 31.6 Å². The highest BCUT2D eigenvalue weighted by atomic mass is 32.2. The van der Waals surface area contributed by atoms with Gasteiger partial charge >= 0.3 is 0 Å². The molecule has 76 valence electrons. The Morgan fingerprint density at radius 3 is 2.71 bits per heavy atom. The molecule has 14 heavy (non-hydrogen) atoms. The van der Waals surface area contributed by atoms with E-state index in [1.807, 2.05) is 0 Å². The molecule has 0 radical (unpaired) electrons. The Kier molecular flexibility index (Phi) is 3.45. The van der Waals surface area contributed by atoms with Crippen molar-refractivity contribution in [2.24, 2.45) is 5.92 Å². The monoisotopic (exact) mass is 213 g/mol. The Labute approximate surface area is 83.6 Å². The summed E-state index contributed by atoms with van der Waals surface area (Å²) in [5.41, 5.74) is 0. The van der Waals surface area contributed by atoms with E-state index in [2.05, 4.69) is 6.07 Å². The summed E-state index contributed by atoms with van der Waals surface area (Å²) in [6.07, 6.45) is 1.44. The quantitative estimate of drug-likeness (QED) is 0.650. The molecule has 0 aliphatic carbocycles. The first kappa shape index (κ1) is 11.0. The lowest BCUT2D eigenvalue weighted by atomic mass is 10.0. The molecular formula is C8H11N3O2S. The summed E-state index contributed by atoms with van der Waals surface area (Å²) in [4.78, 5) is 0. The SMILES string of the molecule is N#CCS(=O)(=O)N1CCCC(C#N)C1. The standard InChI is InChI=1S/C8H11N3O2S/c9-3-5-14(12,13)11-4-1-2-8(6-10)7-11/h8H,1-2,4-5,7H2. The molecule has 1 unspecified atom stereocenters. The zero-order valence-corrected chi connectivity index (χ0v) is 8.50. The second-order valence-electron chi connectivity index (χ2n) is 3.24. The second-order valence-corrected chi connectivity index (χ2v) is 5.21. The normalized spacial score (nSPS) is 23.7. The predicted octanol–water partition coefficient (Wildman–Crippen LogP) is 0.0754. The number of nitriles is 2. The molecule has 0 aromatic rings.